The lowest BCUT2D eigenvalue weighted by Gasteiger charge is -2.23. The number of hydrogen-bond acceptors (Lipinski definition) is 6. The van der Waals surface area contributed by atoms with Crippen molar-refractivity contribution in [2.24, 2.45) is 5.92 Å². The highest BCUT2D eigenvalue weighted by molar-refractivity contribution is 5.61. The van der Waals surface area contributed by atoms with Crippen LogP contribution in [0.25, 0.3) is 0 Å². The number of nitro groups is 1. The SMILES string of the molecule is N#Cc1cnc(N2CC[C@H]3CNC[C@H]32)c([N+](=O)[O-])c1. The zero-order valence-corrected chi connectivity index (χ0v) is 10.2. The number of anilines is 1. The van der Waals surface area contributed by atoms with Crippen molar-refractivity contribution in [3.8, 4) is 6.07 Å². The molecule has 2 fully saturated rings. The van der Waals surface area contributed by atoms with Gasteiger partial charge in [-0.05, 0) is 12.3 Å². The van der Waals surface area contributed by atoms with Gasteiger partial charge in [-0.25, -0.2) is 4.98 Å². The normalized spacial score (nSPS) is 25.1. The number of nitrogens with zero attached hydrogens (tertiary/aromatic N) is 4. The standard InChI is InChI=1S/C12H13N5O2/c13-4-8-3-10(17(18)19)12(15-5-8)16-2-1-9-6-14-7-11(9)16/h3,5,9,11,14H,1-2,6-7H2/t9-,11+/m0/s1. The minimum atomic E-state index is -0.459. The summed E-state index contributed by atoms with van der Waals surface area (Å²) < 4.78 is 0. The molecule has 0 aromatic carbocycles. The Morgan fingerprint density at radius 1 is 1.58 bits per heavy atom. The van der Waals surface area contributed by atoms with Crippen molar-refractivity contribution in [2.75, 3.05) is 24.5 Å². The quantitative estimate of drug-likeness (QED) is 0.619. The van der Waals surface area contributed by atoms with E-state index in [9.17, 15) is 10.1 Å². The van der Waals surface area contributed by atoms with Gasteiger partial charge in [0.05, 0.1) is 10.5 Å². The highest BCUT2D eigenvalue weighted by Gasteiger charge is 2.40. The van der Waals surface area contributed by atoms with Gasteiger partial charge in [-0.3, -0.25) is 10.1 Å². The molecular weight excluding hydrogens is 246 g/mol. The molecule has 0 saturated carbocycles. The molecule has 1 aromatic rings. The molecular formula is C12H13N5O2. The Hall–Kier alpha value is -2.20. The van der Waals surface area contributed by atoms with Gasteiger partial charge in [-0.2, -0.15) is 5.26 Å². The first-order valence-corrected chi connectivity index (χ1v) is 6.22. The Bertz CT molecular complexity index is 568. The third-order valence-electron chi connectivity index (χ3n) is 3.89. The summed E-state index contributed by atoms with van der Waals surface area (Å²) in [5.74, 6) is 0.928. The number of aromatic nitrogens is 1. The summed E-state index contributed by atoms with van der Waals surface area (Å²) in [6.45, 7) is 2.59. The van der Waals surface area contributed by atoms with Crippen LogP contribution in [0.5, 0.6) is 0 Å². The van der Waals surface area contributed by atoms with E-state index >= 15 is 0 Å². The van der Waals surface area contributed by atoms with Crippen LogP contribution in [0.15, 0.2) is 12.3 Å². The van der Waals surface area contributed by atoms with E-state index in [1.54, 1.807) is 0 Å². The van der Waals surface area contributed by atoms with Crippen LogP contribution in [-0.4, -0.2) is 35.6 Å². The zero-order chi connectivity index (χ0) is 13.4. The molecule has 1 N–H and O–H groups in total. The molecule has 3 heterocycles. The highest BCUT2D eigenvalue weighted by atomic mass is 16.6. The van der Waals surface area contributed by atoms with Crippen LogP contribution in [0.1, 0.15) is 12.0 Å². The lowest BCUT2D eigenvalue weighted by atomic mass is 10.1. The molecule has 0 radical (unpaired) electrons. The van der Waals surface area contributed by atoms with E-state index in [2.05, 4.69) is 10.3 Å². The van der Waals surface area contributed by atoms with Crippen LogP contribution in [0.4, 0.5) is 11.5 Å². The molecule has 7 heteroatoms. The Kier molecular flexibility index (Phi) is 2.80. The molecule has 98 valence electrons. The molecule has 2 atom stereocenters. The summed E-state index contributed by atoms with van der Waals surface area (Å²) in [5.41, 5.74) is 0.141. The van der Waals surface area contributed by atoms with Crippen molar-refractivity contribution < 1.29 is 4.92 Å². The van der Waals surface area contributed by atoms with Gasteiger partial charge >= 0.3 is 5.69 Å². The Morgan fingerprint density at radius 3 is 3.16 bits per heavy atom. The maximum absolute atomic E-state index is 11.2. The fourth-order valence-electron chi connectivity index (χ4n) is 2.97. The van der Waals surface area contributed by atoms with Gasteiger partial charge in [0.2, 0.25) is 5.82 Å². The van der Waals surface area contributed by atoms with Crippen LogP contribution in [0.2, 0.25) is 0 Å². The Labute approximate surface area is 110 Å². The average molecular weight is 259 g/mol. The second-order valence-corrected chi connectivity index (χ2v) is 4.90. The van der Waals surface area contributed by atoms with Crippen molar-refractivity contribution >= 4 is 11.5 Å². The van der Waals surface area contributed by atoms with E-state index in [-0.39, 0.29) is 17.3 Å². The minimum Gasteiger partial charge on any atom is -0.346 e. The largest absolute Gasteiger partial charge is 0.346 e. The van der Waals surface area contributed by atoms with Crippen molar-refractivity contribution in [3.05, 3.63) is 27.9 Å². The molecule has 0 aliphatic carbocycles. The van der Waals surface area contributed by atoms with Gasteiger partial charge in [-0.15, -0.1) is 0 Å². The first-order chi connectivity index (χ1) is 9.20. The summed E-state index contributed by atoms with van der Waals surface area (Å²) in [6.07, 6.45) is 2.43. The highest BCUT2D eigenvalue weighted by Crippen LogP contribution is 2.35. The van der Waals surface area contributed by atoms with E-state index in [0.29, 0.717) is 11.7 Å². The third-order valence-corrected chi connectivity index (χ3v) is 3.89. The molecule has 19 heavy (non-hydrogen) atoms. The Balaban J connectivity index is 2.00. The summed E-state index contributed by atoms with van der Waals surface area (Å²) in [4.78, 5) is 16.8. The van der Waals surface area contributed by atoms with Crippen molar-refractivity contribution in [1.29, 1.82) is 5.26 Å². The molecule has 1 aromatic heterocycles. The minimum absolute atomic E-state index is 0.0772. The molecule has 2 saturated heterocycles. The summed E-state index contributed by atoms with van der Waals surface area (Å²) in [6, 6.07) is 3.47. The van der Waals surface area contributed by atoms with Gasteiger partial charge in [0.15, 0.2) is 0 Å². The van der Waals surface area contributed by atoms with E-state index in [1.165, 1.54) is 12.3 Å². The topological polar surface area (TPSA) is 95.1 Å². The van der Waals surface area contributed by atoms with Crippen molar-refractivity contribution in [3.63, 3.8) is 0 Å². The molecule has 2 aliphatic rings. The monoisotopic (exact) mass is 259 g/mol. The predicted octanol–water partition coefficient (Wildman–Crippen LogP) is 0.660. The summed E-state index contributed by atoms with van der Waals surface area (Å²) in [7, 11) is 0. The van der Waals surface area contributed by atoms with E-state index < -0.39 is 4.92 Å². The van der Waals surface area contributed by atoms with Gasteiger partial charge in [0.1, 0.15) is 6.07 Å². The van der Waals surface area contributed by atoms with Crippen molar-refractivity contribution in [2.45, 2.75) is 12.5 Å². The zero-order valence-electron chi connectivity index (χ0n) is 10.2. The lowest BCUT2D eigenvalue weighted by molar-refractivity contribution is -0.384. The molecule has 2 aliphatic heterocycles. The van der Waals surface area contributed by atoms with Crippen LogP contribution >= 0.6 is 0 Å². The number of hydrogen-bond donors (Lipinski definition) is 1. The second-order valence-electron chi connectivity index (χ2n) is 4.90. The first-order valence-electron chi connectivity index (χ1n) is 6.22. The first kappa shape index (κ1) is 11.9. The fraction of sp³-hybridized carbons (Fsp3) is 0.500. The molecule has 3 rings (SSSR count). The van der Waals surface area contributed by atoms with Crippen molar-refractivity contribution in [1.82, 2.24) is 10.3 Å². The molecule has 0 amide bonds. The maximum atomic E-state index is 11.2. The predicted molar refractivity (Wildman–Crippen MR) is 67.7 cm³/mol. The summed E-state index contributed by atoms with van der Waals surface area (Å²) >= 11 is 0. The van der Waals surface area contributed by atoms with Gasteiger partial charge in [0.25, 0.3) is 0 Å². The van der Waals surface area contributed by atoms with Crippen LogP contribution in [0, 0.1) is 27.4 Å². The lowest BCUT2D eigenvalue weighted by Crippen LogP contribution is -2.35. The van der Waals surface area contributed by atoms with Gasteiger partial charge < -0.3 is 10.2 Å². The van der Waals surface area contributed by atoms with Crippen LogP contribution < -0.4 is 10.2 Å². The number of rotatable bonds is 2. The maximum Gasteiger partial charge on any atom is 0.312 e. The molecule has 0 unspecified atom stereocenters. The van der Waals surface area contributed by atoms with E-state index in [4.69, 9.17) is 5.26 Å². The molecule has 0 bridgehead atoms. The second kappa shape index (κ2) is 4.48. The molecule has 0 spiro atoms. The number of pyridine rings is 1. The molecule has 7 nitrogen and oxygen atoms in total. The van der Waals surface area contributed by atoms with E-state index in [0.717, 1.165) is 26.1 Å². The smallest absolute Gasteiger partial charge is 0.312 e. The average Bonchev–Trinajstić information content (AvgIpc) is 3.00. The van der Waals surface area contributed by atoms with Crippen LogP contribution in [-0.2, 0) is 0 Å². The number of nitriles is 1. The fourth-order valence-corrected chi connectivity index (χ4v) is 2.97. The van der Waals surface area contributed by atoms with E-state index in [1.807, 2.05) is 11.0 Å². The van der Waals surface area contributed by atoms with Crippen LogP contribution in [0.3, 0.4) is 0 Å². The Morgan fingerprint density at radius 2 is 2.42 bits per heavy atom. The van der Waals surface area contributed by atoms with Gasteiger partial charge in [0, 0.05) is 37.9 Å². The summed E-state index contributed by atoms with van der Waals surface area (Å²) in [5, 5.41) is 23.3. The van der Waals surface area contributed by atoms with Gasteiger partial charge in [-0.1, -0.05) is 0 Å². The number of nitrogens with one attached hydrogen (secondary N) is 1. The third kappa shape index (κ3) is 1.90. The number of fused-ring (bicyclic) bond motifs is 1.